The van der Waals surface area contributed by atoms with Crippen molar-refractivity contribution in [2.45, 2.75) is 25.4 Å². The van der Waals surface area contributed by atoms with Crippen LogP contribution in [0.15, 0.2) is 0 Å². The number of nitrogens with zero attached hydrogens (tertiary/aromatic N) is 3. The van der Waals surface area contributed by atoms with Crippen LogP contribution in [0.5, 0.6) is 0 Å². The zero-order chi connectivity index (χ0) is 13.2. The molecule has 0 amide bonds. The molecule has 0 saturated carbocycles. The van der Waals surface area contributed by atoms with E-state index in [2.05, 4.69) is 9.36 Å². The van der Waals surface area contributed by atoms with E-state index in [0.29, 0.717) is 17.6 Å². The first-order valence-corrected chi connectivity index (χ1v) is 6.64. The number of anilines is 1. The van der Waals surface area contributed by atoms with Gasteiger partial charge in [-0.1, -0.05) is 0 Å². The summed E-state index contributed by atoms with van der Waals surface area (Å²) in [5, 5.41) is 0.365. The Bertz CT molecular complexity index is 391. The van der Waals surface area contributed by atoms with Crippen molar-refractivity contribution in [3.63, 3.8) is 0 Å². The summed E-state index contributed by atoms with van der Waals surface area (Å²) in [5.41, 5.74) is 5.51. The molecule has 0 bridgehead atoms. The minimum Gasteiger partial charge on any atom is -0.347 e. The molecule has 1 fully saturated rings. The van der Waals surface area contributed by atoms with Crippen LogP contribution in [0.25, 0.3) is 0 Å². The summed E-state index contributed by atoms with van der Waals surface area (Å²) < 4.78 is 40.6. The van der Waals surface area contributed by atoms with Crippen LogP contribution in [0.1, 0.15) is 25.1 Å². The number of aromatic nitrogens is 2. The highest BCUT2D eigenvalue weighted by atomic mass is 32.1. The predicted octanol–water partition coefficient (Wildman–Crippen LogP) is 2.12. The van der Waals surface area contributed by atoms with E-state index in [9.17, 15) is 13.2 Å². The number of alkyl halides is 3. The quantitative estimate of drug-likeness (QED) is 0.921. The first-order chi connectivity index (χ1) is 8.50. The van der Waals surface area contributed by atoms with Gasteiger partial charge in [-0.25, -0.2) is 0 Å². The Morgan fingerprint density at radius 1 is 1.44 bits per heavy atom. The smallest absolute Gasteiger partial charge is 0.347 e. The largest absolute Gasteiger partial charge is 0.452 e. The number of halogens is 3. The molecule has 1 aromatic rings. The molecule has 1 aliphatic heterocycles. The third-order valence-electron chi connectivity index (χ3n) is 3.03. The van der Waals surface area contributed by atoms with Gasteiger partial charge in [0, 0.05) is 24.6 Å². The molecule has 4 nitrogen and oxygen atoms in total. The molecule has 1 unspecified atom stereocenters. The van der Waals surface area contributed by atoms with Crippen molar-refractivity contribution in [3.8, 4) is 0 Å². The summed E-state index contributed by atoms with van der Waals surface area (Å²) in [6, 6.07) is 0. The third kappa shape index (κ3) is 3.11. The molecule has 18 heavy (non-hydrogen) atoms. The summed E-state index contributed by atoms with van der Waals surface area (Å²) in [7, 11) is 0. The van der Waals surface area contributed by atoms with E-state index in [-0.39, 0.29) is 0 Å². The Hall–Kier alpha value is -0.890. The number of hydrogen-bond acceptors (Lipinski definition) is 5. The molecule has 1 aliphatic rings. The highest BCUT2D eigenvalue weighted by Crippen LogP contribution is 2.32. The molecule has 2 N–H and O–H groups in total. The molecule has 2 heterocycles. The van der Waals surface area contributed by atoms with E-state index in [1.807, 2.05) is 4.90 Å². The van der Waals surface area contributed by atoms with Gasteiger partial charge >= 0.3 is 6.18 Å². The average Bonchev–Trinajstić information content (AvgIpc) is 2.78. The second-order valence-corrected chi connectivity index (χ2v) is 5.16. The number of nitrogens with two attached hydrogens (primary N) is 1. The van der Waals surface area contributed by atoms with Gasteiger partial charge in [-0.3, -0.25) is 0 Å². The van der Waals surface area contributed by atoms with Crippen molar-refractivity contribution in [2.75, 3.05) is 24.5 Å². The lowest BCUT2D eigenvalue weighted by molar-refractivity contribution is -0.144. The number of rotatable bonds is 3. The van der Waals surface area contributed by atoms with E-state index in [0.717, 1.165) is 43.9 Å². The highest BCUT2D eigenvalue weighted by Gasteiger charge is 2.37. The first-order valence-electron chi connectivity index (χ1n) is 5.86. The lowest BCUT2D eigenvalue weighted by atomic mass is 9.95. The van der Waals surface area contributed by atoms with Gasteiger partial charge in [-0.2, -0.15) is 22.5 Å². The van der Waals surface area contributed by atoms with Gasteiger partial charge in [0.1, 0.15) is 0 Å². The Morgan fingerprint density at radius 3 is 2.83 bits per heavy atom. The van der Waals surface area contributed by atoms with Gasteiger partial charge in [0.25, 0.3) is 0 Å². The minimum absolute atomic E-state index is 0.365. The second kappa shape index (κ2) is 5.40. The van der Waals surface area contributed by atoms with Crippen molar-refractivity contribution < 1.29 is 13.2 Å². The van der Waals surface area contributed by atoms with Crippen LogP contribution in [-0.4, -0.2) is 29.0 Å². The van der Waals surface area contributed by atoms with Gasteiger partial charge in [0.05, 0.1) is 0 Å². The monoisotopic (exact) mass is 280 g/mol. The fourth-order valence-electron chi connectivity index (χ4n) is 2.17. The fourth-order valence-corrected chi connectivity index (χ4v) is 2.89. The third-order valence-corrected chi connectivity index (χ3v) is 3.81. The van der Waals surface area contributed by atoms with Crippen LogP contribution in [0.4, 0.5) is 18.3 Å². The molecule has 0 spiro atoms. The maximum Gasteiger partial charge on any atom is 0.452 e. The highest BCUT2D eigenvalue weighted by molar-refractivity contribution is 7.09. The SMILES string of the molecule is NCCC1CCCN(c2nc(C(F)(F)F)ns2)C1. The van der Waals surface area contributed by atoms with Crippen molar-refractivity contribution in [3.05, 3.63) is 5.82 Å². The van der Waals surface area contributed by atoms with E-state index in [4.69, 9.17) is 5.73 Å². The van der Waals surface area contributed by atoms with Crippen LogP contribution >= 0.6 is 11.5 Å². The fraction of sp³-hybridized carbons (Fsp3) is 0.800. The maximum atomic E-state index is 12.4. The zero-order valence-corrected chi connectivity index (χ0v) is 10.6. The average molecular weight is 280 g/mol. The van der Waals surface area contributed by atoms with Gasteiger partial charge in [0.2, 0.25) is 11.0 Å². The summed E-state index contributed by atoms with van der Waals surface area (Å²) in [5.74, 6) is -0.592. The summed E-state index contributed by atoms with van der Waals surface area (Å²) in [6.45, 7) is 2.08. The Morgan fingerprint density at radius 2 is 2.22 bits per heavy atom. The van der Waals surface area contributed by atoms with Gasteiger partial charge < -0.3 is 10.6 Å². The topological polar surface area (TPSA) is 55.0 Å². The lowest BCUT2D eigenvalue weighted by Crippen LogP contribution is -2.36. The van der Waals surface area contributed by atoms with E-state index in [1.165, 1.54) is 0 Å². The predicted molar refractivity (Wildman–Crippen MR) is 63.5 cm³/mol. The van der Waals surface area contributed by atoms with Crippen LogP contribution in [0.3, 0.4) is 0 Å². The van der Waals surface area contributed by atoms with E-state index < -0.39 is 12.0 Å². The first kappa shape index (κ1) is 13.5. The number of hydrogen-bond donors (Lipinski definition) is 1. The Balaban J connectivity index is 2.05. The number of piperidine rings is 1. The van der Waals surface area contributed by atoms with E-state index in [1.54, 1.807) is 0 Å². The summed E-state index contributed by atoms with van der Waals surface area (Å²) in [4.78, 5) is 5.46. The second-order valence-electron chi connectivity index (χ2n) is 4.43. The van der Waals surface area contributed by atoms with Crippen LogP contribution < -0.4 is 10.6 Å². The van der Waals surface area contributed by atoms with Crippen molar-refractivity contribution >= 4 is 16.7 Å². The summed E-state index contributed by atoms with van der Waals surface area (Å²) in [6.07, 6.45) is -1.51. The van der Waals surface area contributed by atoms with Gasteiger partial charge in [0.15, 0.2) is 0 Å². The molecule has 8 heteroatoms. The normalized spacial score (nSPS) is 21.3. The van der Waals surface area contributed by atoms with Crippen LogP contribution in [0, 0.1) is 5.92 Å². The molecule has 102 valence electrons. The Labute approximate surface area is 107 Å². The Kier molecular flexibility index (Phi) is 4.06. The molecular formula is C10H15F3N4S. The molecule has 1 saturated heterocycles. The molecule has 1 aromatic heterocycles. The standard InChI is InChI=1S/C10H15F3N4S/c11-10(12,13)8-15-9(18-16-8)17-5-1-2-7(6-17)3-4-14/h7H,1-6,14H2. The van der Waals surface area contributed by atoms with Crippen LogP contribution in [-0.2, 0) is 6.18 Å². The summed E-state index contributed by atoms with van der Waals surface area (Å²) >= 11 is 0.817. The van der Waals surface area contributed by atoms with Crippen molar-refractivity contribution in [1.29, 1.82) is 0 Å². The van der Waals surface area contributed by atoms with Gasteiger partial charge in [-0.05, 0) is 31.7 Å². The van der Waals surface area contributed by atoms with Crippen molar-refractivity contribution in [1.82, 2.24) is 9.36 Å². The molecule has 2 rings (SSSR count). The van der Waals surface area contributed by atoms with Crippen molar-refractivity contribution in [2.24, 2.45) is 11.7 Å². The zero-order valence-electron chi connectivity index (χ0n) is 9.78. The van der Waals surface area contributed by atoms with E-state index >= 15 is 0 Å². The molecule has 0 radical (unpaired) electrons. The maximum absolute atomic E-state index is 12.4. The van der Waals surface area contributed by atoms with Crippen LogP contribution in [0.2, 0.25) is 0 Å². The lowest BCUT2D eigenvalue weighted by Gasteiger charge is -2.32. The minimum atomic E-state index is -4.46. The molecular weight excluding hydrogens is 265 g/mol. The molecule has 0 aliphatic carbocycles. The molecule has 0 aromatic carbocycles. The molecule has 1 atom stereocenters. The van der Waals surface area contributed by atoms with Gasteiger partial charge in [-0.15, -0.1) is 0 Å².